The maximum Gasteiger partial charge on any atom is 0.266 e. The third kappa shape index (κ3) is 29.8. The van der Waals surface area contributed by atoms with Crippen molar-refractivity contribution in [3.05, 3.63) is 153 Å². The number of anilines is 2. The Morgan fingerprint density at radius 2 is 0.760 bits per heavy atom. The first-order chi connectivity index (χ1) is 70.1. The quantitative estimate of drug-likeness (QED) is 0.0138. The van der Waals surface area contributed by atoms with Crippen molar-refractivity contribution in [1.82, 2.24) is 50.9 Å². The second-order valence-corrected chi connectivity index (χ2v) is 39.0. The van der Waals surface area contributed by atoms with E-state index in [-0.39, 0.29) is 213 Å². The van der Waals surface area contributed by atoms with Gasteiger partial charge in [-0.15, -0.1) is 0 Å². The van der Waals surface area contributed by atoms with Crippen molar-refractivity contribution in [3.63, 3.8) is 0 Å². The van der Waals surface area contributed by atoms with Gasteiger partial charge in [0.25, 0.3) is 35.4 Å². The fourth-order valence-electron chi connectivity index (χ4n) is 18.6. The van der Waals surface area contributed by atoms with E-state index in [1.165, 1.54) is 34.0 Å². The summed E-state index contributed by atoms with van der Waals surface area (Å²) in [7, 11) is 2.95. The number of nitrogens with zero attached hydrogens (tertiary/aromatic N) is 10. The van der Waals surface area contributed by atoms with E-state index in [0.29, 0.717) is 159 Å². The van der Waals surface area contributed by atoms with Crippen molar-refractivity contribution in [2.24, 2.45) is 21.8 Å². The number of ether oxygens (including phenoxy) is 10. The number of hydrogen-bond donors (Lipinski definition) is 4. The molecule has 38 nitrogen and oxygen atoms in total. The summed E-state index contributed by atoms with van der Waals surface area (Å²) in [6.45, 7) is 29.3. The highest BCUT2D eigenvalue weighted by molar-refractivity contribution is 9.11. The average molecular weight is 2150 g/mol. The molecule has 12 rings (SSSR count). The smallest absolute Gasteiger partial charge is 0.266 e. The number of nitrogens with one attached hydrogen (secondary N) is 4. The highest BCUT2D eigenvalue weighted by atomic mass is 79.9. The van der Waals surface area contributed by atoms with Crippen molar-refractivity contribution >= 4 is 149 Å². The lowest BCUT2D eigenvalue weighted by Gasteiger charge is -2.32. The van der Waals surface area contributed by atoms with Crippen LogP contribution in [0.1, 0.15) is 183 Å². The molecule has 6 atom stereocenters. The number of methoxy groups -OCH3 is 2. The number of carbonyl (C=O) groups excluding carboxylic acids is 14. The van der Waals surface area contributed by atoms with Crippen molar-refractivity contribution in [3.8, 4) is 34.5 Å². The van der Waals surface area contributed by atoms with Crippen molar-refractivity contribution in [2.75, 3.05) is 169 Å². The number of rotatable bonds is 54. The van der Waals surface area contributed by atoms with Gasteiger partial charge in [0.15, 0.2) is 34.6 Å². The molecule has 0 unspecified atom stereocenters. The Bertz CT molecular complexity index is 5360. The monoisotopic (exact) mass is 2140 g/mol. The Morgan fingerprint density at radius 3 is 1.12 bits per heavy atom. The molecule has 4 aromatic carbocycles. The second-order valence-electron chi connectivity index (χ2n) is 37.9. The lowest BCUT2D eigenvalue weighted by atomic mass is 9.96. The van der Waals surface area contributed by atoms with Gasteiger partial charge in [0.2, 0.25) is 35.4 Å². The van der Waals surface area contributed by atoms with Crippen LogP contribution in [0.4, 0.5) is 22.7 Å². The summed E-state index contributed by atoms with van der Waals surface area (Å²) in [6, 6.07) is 10.9. The summed E-state index contributed by atoms with van der Waals surface area (Å²) in [5.41, 5.74) is 8.68. The SMILES string of the molecule is C=C1C[C@H]2CN(C(=O)CCC(=O)[C@@H](NC(=O)CCOCCOCCNC(=O)CN(C(=O)/C=C/Br)N(CC(=O)NCCOCCOCCC(=O)N[C@H](C(=O)CCC(=O)N3C[C@@H]4CC(=C)CN4C(=O)c4cc(OC)c(OCCCCCOc5cc6c(cc5C)C(=O)N5CC(=C)C[C@H]5C=N6)cc43)C(C)C)C(=O)/C=C/Br)C(C)C)c3cc(OCCCCCOc4cc5c(cc4C)C(=O)N4CC(=C)C[C@H]4C=N5)c(OC)cc3C(=O)N2C1. The molecule has 4 saturated heterocycles. The van der Waals surface area contributed by atoms with Gasteiger partial charge >= 0.3 is 0 Å². The van der Waals surface area contributed by atoms with E-state index in [0.717, 1.165) is 68.4 Å². The minimum absolute atomic E-state index is 0.00968. The normalized spacial score (nSPS) is 17.6. The Balaban J connectivity index is 0.511. The molecule has 786 valence electrons. The van der Waals surface area contributed by atoms with Crippen LogP contribution in [-0.2, 0) is 66.9 Å². The van der Waals surface area contributed by atoms with E-state index in [2.05, 4.69) is 89.4 Å². The summed E-state index contributed by atoms with van der Waals surface area (Å²) >= 11 is 6.12. The highest BCUT2D eigenvalue weighted by Gasteiger charge is 2.45. The van der Waals surface area contributed by atoms with E-state index >= 15 is 0 Å². The number of benzene rings is 4. The maximum absolute atomic E-state index is 14.5. The lowest BCUT2D eigenvalue weighted by Crippen LogP contribution is -2.55. The van der Waals surface area contributed by atoms with E-state index in [1.807, 2.05) is 50.5 Å². The summed E-state index contributed by atoms with van der Waals surface area (Å²) in [5.74, 6) is -4.39. The van der Waals surface area contributed by atoms with Gasteiger partial charge in [-0.3, -0.25) is 77.1 Å². The predicted molar refractivity (Wildman–Crippen MR) is 553 cm³/mol. The molecule has 0 saturated carbocycles. The lowest BCUT2D eigenvalue weighted by molar-refractivity contribution is -0.162. The minimum atomic E-state index is -0.935. The van der Waals surface area contributed by atoms with Crippen LogP contribution in [0.5, 0.6) is 34.5 Å². The molecule has 0 bridgehead atoms. The number of aliphatic imine (C=N–C) groups is 2. The molecule has 0 spiro atoms. The number of ketones is 2. The molecule has 4 N–H and O–H groups in total. The zero-order chi connectivity index (χ0) is 105. The maximum atomic E-state index is 14.5. The van der Waals surface area contributed by atoms with Crippen LogP contribution in [0.25, 0.3) is 0 Å². The summed E-state index contributed by atoms with van der Waals surface area (Å²) in [4.78, 5) is 215. The number of fused-ring (bicyclic) bond motifs is 8. The third-order valence-electron chi connectivity index (χ3n) is 26.2. The molecule has 4 aromatic rings. The number of halogens is 2. The standard InChI is InChI=1S/C106H134Br2N14O24/c1-65(2)101(85(123)19-21-97(129)119-61-75-45-69(7)59-117(75)105(135)79-49-89(137-11)91(53-83(79)119)145-33-17-13-15-31-143-87-51-81-77(47-71(87)9)103(133)115-57-67(5)43-73(115)55-111-81)113-93(125)25-35-139-39-41-141-37-29-109-95(127)63-121(99(131)23-27-107)122(100(132)24-28-108)64-96(128)110-30-38-142-42-40-140-36-26-94(126)114-102(66(3)4)86(124)20-22-98(130)120-62-76-46-70(8)60-118(76)106(136)80-50-90(138-12)92(54-84(80)120)146-34-18-14-16-32-144-88-52-82-78(48-72(88)10)104(134)116-58-68(6)44-74(116)56-112-82/h23-24,27-28,47-56,65-66,73-76,101-102H,5-8,13-22,25-26,29-46,57-64H2,1-4,9-12H3,(H,109,127)(H,110,128)(H,113,125)(H,114,126)/b27-23+,28-24+/t73-,74-,75-,76-,101-,102-/m0/s1. The van der Waals surface area contributed by atoms with Crippen LogP contribution in [0.3, 0.4) is 0 Å². The van der Waals surface area contributed by atoms with Gasteiger partial charge in [-0.1, -0.05) is 108 Å². The average Bonchev–Trinajstić information content (AvgIpc) is 1.60. The molecule has 146 heavy (non-hydrogen) atoms. The molecule has 0 aromatic heterocycles. The number of Topliss-reactive ketones (excluding diaryl/α,β-unsaturated/α-hetero) is 2. The fourth-order valence-corrected chi connectivity index (χ4v) is 19.1. The predicted octanol–water partition coefficient (Wildman–Crippen LogP) is 10.9. The molecule has 12 amide bonds. The van der Waals surface area contributed by atoms with Crippen LogP contribution in [0, 0.1) is 25.7 Å². The van der Waals surface area contributed by atoms with E-state index in [4.69, 9.17) is 47.4 Å². The van der Waals surface area contributed by atoms with Crippen LogP contribution in [-0.4, -0.2) is 320 Å². The van der Waals surface area contributed by atoms with E-state index in [1.54, 1.807) is 71.6 Å². The first-order valence-electron chi connectivity index (χ1n) is 49.6. The van der Waals surface area contributed by atoms with Crippen LogP contribution < -0.4 is 59.5 Å². The minimum Gasteiger partial charge on any atom is -0.493 e. The number of amides is 12. The van der Waals surface area contributed by atoms with Gasteiger partial charge in [0.05, 0.1) is 175 Å². The summed E-state index contributed by atoms with van der Waals surface area (Å²) in [5, 5.41) is 12.5. The number of unbranched alkanes of at least 4 members (excludes halogenated alkanes) is 4. The molecule has 0 radical (unpaired) electrons. The van der Waals surface area contributed by atoms with Gasteiger partial charge in [0, 0.05) is 140 Å². The molecular formula is C106H134Br2N14O24. The van der Waals surface area contributed by atoms with Gasteiger partial charge in [-0.05, 0) is 135 Å². The Hall–Kier alpha value is -12.8. The molecule has 0 aliphatic carbocycles. The molecule has 8 heterocycles. The Kier molecular flexibility index (Phi) is 41.5. The topological polar surface area (TPSA) is 430 Å². The molecular weight excluding hydrogens is 2010 g/mol. The number of aryl methyl sites for hydroxylation is 2. The fraction of sp³-hybridized carbons (Fsp3) is 0.509. The first kappa shape index (κ1) is 112. The Labute approximate surface area is 868 Å². The van der Waals surface area contributed by atoms with Gasteiger partial charge in [0.1, 0.15) is 24.6 Å². The molecule has 8 aliphatic rings. The second kappa shape index (κ2) is 54.1. The van der Waals surface area contributed by atoms with Crippen molar-refractivity contribution in [1.29, 1.82) is 0 Å². The van der Waals surface area contributed by atoms with Crippen LogP contribution >= 0.6 is 31.9 Å². The van der Waals surface area contributed by atoms with Gasteiger partial charge in [-0.25, -0.2) is 10.0 Å². The number of carbonyl (C=O) groups is 14. The van der Waals surface area contributed by atoms with Gasteiger partial charge in [-0.2, -0.15) is 0 Å². The summed E-state index contributed by atoms with van der Waals surface area (Å²) in [6.07, 6.45) is 11.1. The molecule has 40 heteroatoms. The Morgan fingerprint density at radius 1 is 0.411 bits per heavy atom. The zero-order valence-electron chi connectivity index (χ0n) is 84.4. The summed E-state index contributed by atoms with van der Waals surface area (Å²) < 4.78 is 59.1. The largest absolute Gasteiger partial charge is 0.493 e. The van der Waals surface area contributed by atoms with Gasteiger partial charge < -0.3 is 98.0 Å². The van der Waals surface area contributed by atoms with Crippen molar-refractivity contribution < 1.29 is 114 Å². The number of hydrogen-bond acceptors (Lipinski definition) is 26. The third-order valence-corrected chi connectivity index (χ3v) is 26.8. The number of hydrazine groups is 1. The zero-order valence-corrected chi connectivity index (χ0v) is 87.6. The highest BCUT2D eigenvalue weighted by Crippen LogP contribution is 2.45. The molecule has 4 fully saturated rings. The van der Waals surface area contributed by atoms with Crippen LogP contribution in [0.2, 0.25) is 0 Å². The van der Waals surface area contributed by atoms with E-state index < -0.39 is 72.4 Å². The van der Waals surface area contributed by atoms with Crippen LogP contribution in [0.15, 0.2) is 129 Å². The van der Waals surface area contributed by atoms with Crippen molar-refractivity contribution in [2.45, 2.75) is 181 Å². The molecule has 8 aliphatic heterocycles. The first-order valence-corrected chi connectivity index (χ1v) is 51.5. The van der Waals surface area contributed by atoms with E-state index in [9.17, 15) is 67.1 Å².